The third-order valence-corrected chi connectivity index (χ3v) is 8.56. The Morgan fingerprint density at radius 3 is 2.65 bits per heavy atom. The van der Waals surface area contributed by atoms with Crippen molar-refractivity contribution in [3.63, 3.8) is 0 Å². The van der Waals surface area contributed by atoms with Gasteiger partial charge in [0, 0.05) is 17.0 Å². The van der Waals surface area contributed by atoms with Gasteiger partial charge in [-0.05, 0) is 79.5 Å². The average molecular weight is 407 g/mol. The molecule has 3 aromatic carbocycles. The maximum atomic E-state index is 6.86. The van der Waals surface area contributed by atoms with Gasteiger partial charge in [0.05, 0.1) is 10.9 Å². The van der Waals surface area contributed by atoms with Crippen LogP contribution >= 0.6 is 0 Å². The largest absolute Gasteiger partial charge is 0.449 e. The van der Waals surface area contributed by atoms with Gasteiger partial charge in [0.1, 0.15) is 12.8 Å². The number of benzene rings is 3. The smallest absolute Gasteiger partial charge is 0.257 e. The van der Waals surface area contributed by atoms with Gasteiger partial charge >= 0.3 is 0 Å². The first kappa shape index (κ1) is 17.8. The minimum atomic E-state index is 0.615. The fraction of sp³-hybridized carbons (Fsp3) is 0.345. The molecule has 31 heavy (non-hydrogen) atoms. The Kier molecular flexibility index (Phi) is 3.49. The minimum Gasteiger partial charge on any atom is -0.449 e. The normalized spacial score (nSPS) is 23.4. The lowest BCUT2D eigenvalue weighted by molar-refractivity contribution is -0.633. The predicted octanol–water partition coefficient (Wildman–Crippen LogP) is 7.11. The molecule has 3 atom stereocenters. The Morgan fingerprint density at radius 2 is 1.84 bits per heavy atom. The molecule has 3 unspecified atom stereocenters. The Labute approximate surface area is 183 Å². The fourth-order valence-electron chi connectivity index (χ4n) is 7.02. The Bertz CT molecular complexity index is 1420. The van der Waals surface area contributed by atoms with Gasteiger partial charge in [0.15, 0.2) is 0 Å². The fourth-order valence-corrected chi connectivity index (χ4v) is 7.02. The Hall–Kier alpha value is -2.87. The van der Waals surface area contributed by atoms with Gasteiger partial charge in [-0.1, -0.05) is 36.8 Å². The van der Waals surface area contributed by atoms with Crippen molar-refractivity contribution in [3.05, 3.63) is 65.2 Å². The van der Waals surface area contributed by atoms with Crippen LogP contribution in [0.1, 0.15) is 48.3 Å². The summed E-state index contributed by atoms with van der Waals surface area (Å²) in [6, 6.07) is 17.8. The van der Waals surface area contributed by atoms with E-state index < -0.39 is 0 Å². The summed E-state index contributed by atoms with van der Waals surface area (Å²) < 4.78 is 9.25. The standard InChI is InChI=1S/C29H28NO/c1-16-13-20-7-6-10-24-26(20)25(17(16)2)28-29(31-24)27(22-15-18-11-12-19(22)14-18)21-8-4-5-9-23(21)30(28)3/h4-10,13,18-19,22H,11-12,14-15H2,1-3H3/q+1. The molecule has 0 spiro atoms. The highest BCUT2D eigenvalue weighted by Crippen LogP contribution is 2.58. The van der Waals surface area contributed by atoms with Crippen LogP contribution in [0.5, 0.6) is 11.5 Å². The monoisotopic (exact) mass is 406 g/mol. The van der Waals surface area contributed by atoms with Crippen molar-refractivity contribution < 1.29 is 9.30 Å². The predicted molar refractivity (Wildman–Crippen MR) is 126 cm³/mol. The van der Waals surface area contributed by atoms with Gasteiger partial charge in [-0.3, -0.25) is 0 Å². The highest BCUT2D eigenvalue weighted by Gasteiger charge is 2.45. The first-order chi connectivity index (χ1) is 15.1. The first-order valence-electron chi connectivity index (χ1n) is 11.8. The summed E-state index contributed by atoms with van der Waals surface area (Å²) in [4.78, 5) is 0. The second-order valence-electron chi connectivity index (χ2n) is 10.1. The van der Waals surface area contributed by atoms with Gasteiger partial charge < -0.3 is 4.74 Å². The molecule has 1 aliphatic heterocycles. The zero-order chi connectivity index (χ0) is 20.9. The van der Waals surface area contributed by atoms with Gasteiger partial charge in [-0.2, -0.15) is 4.57 Å². The molecule has 2 aliphatic carbocycles. The van der Waals surface area contributed by atoms with Crippen molar-refractivity contribution in [3.8, 4) is 22.8 Å². The summed E-state index contributed by atoms with van der Waals surface area (Å²) >= 11 is 0. The maximum absolute atomic E-state index is 6.86. The van der Waals surface area contributed by atoms with Crippen LogP contribution in [0.3, 0.4) is 0 Å². The zero-order valence-corrected chi connectivity index (χ0v) is 18.5. The summed E-state index contributed by atoms with van der Waals surface area (Å²) in [5.74, 6) is 4.46. The molecule has 154 valence electrons. The van der Waals surface area contributed by atoms with E-state index in [9.17, 15) is 0 Å². The van der Waals surface area contributed by atoms with E-state index in [4.69, 9.17) is 4.74 Å². The lowest BCUT2D eigenvalue weighted by atomic mass is 9.79. The van der Waals surface area contributed by atoms with E-state index in [1.165, 1.54) is 75.3 Å². The van der Waals surface area contributed by atoms with E-state index in [0.717, 1.165) is 23.3 Å². The molecule has 2 saturated carbocycles. The second kappa shape index (κ2) is 6.09. The van der Waals surface area contributed by atoms with E-state index in [2.05, 4.69) is 74.0 Å². The molecule has 2 heteroatoms. The van der Waals surface area contributed by atoms with Crippen LogP contribution < -0.4 is 9.30 Å². The third-order valence-electron chi connectivity index (χ3n) is 8.56. The van der Waals surface area contributed by atoms with Crippen molar-refractivity contribution in [1.82, 2.24) is 0 Å². The summed E-state index contributed by atoms with van der Waals surface area (Å²) in [5, 5.41) is 3.92. The van der Waals surface area contributed by atoms with Crippen molar-refractivity contribution in [2.24, 2.45) is 18.9 Å². The van der Waals surface area contributed by atoms with Crippen LogP contribution in [0.4, 0.5) is 0 Å². The summed E-state index contributed by atoms with van der Waals surface area (Å²) in [7, 11) is 2.22. The SMILES string of the molecule is Cc1cc2cccc3c2c(c1C)-c1c(c(C2CC4CCC2C4)c2ccccc2[n+]1C)O3. The van der Waals surface area contributed by atoms with E-state index in [1.54, 1.807) is 0 Å². The summed E-state index contributed by atoms with van der Waals surface area (Å²) in [6.07, 6.45) is 5.52. The number of aromatic nitrogens is 1. The number of hydrogen-bond acceptors (Lipinski definition) is 1. The Balaban J connectivity index is 1.65. The van der Waals surface area contributed by atoms with Crippen molar-refractivity contribution in [2.75, 3.05) is 0 Å². The maximum Gasteiger partial charge on any atom is 0.257 e. The van der Waals surface area contributed by atoms with Crippen LogP contribution in [0.25, 0.3) is 32.9 Å². The number of rotatable bonds is 1. The van der Waals surface area contributed by atoms with Crippen LogP contribution in [-0.2, 0) is 7.05 Å². The molecule has 2 bridgehead atoms. The van der Waals surface area contributed by atoms with Gasteiger partial charge in [0.2, 0.25) is 11.3 Å². The number of ether oxygens (including phenoxy) is 1. The van der Waals surface area contributed by atoms with Crippen LogP contribution in [-0.4, -0.2) is 0 Å². The van der Waals surface area contributed by atoms with Crippen molar-refractivity contribution >= 4 is 21.7 Å². The number of aryl methyl sites for hydroxylation is 2. The number of para-hydroxylation sites is 1. The van der Waals surface area contributed by atoms with Crippen LogP contribution in [0.2, 0.25) is 0 Å². The molecule has 0 amide bonds. The number of hydrogen-bond donors (Lipinski definition) is 0. The summed E-state index contributed by atoms with van der Waals surface area (Å²) in [5.41, 5.74) is 8.14. The topological polar surface area (TPSA) is 13.1 Å². The average Bonchev–Trinajstić information content (AvgIpc) is 3.41. The van der Waals surface area contributed by atoms with Gasteiger partial charge in [-0.15, -0.1) is 0 Å². The lowest BCUT2D eigenvalue weighted by Gasteiger charge is -2.29. The Morgan fingerprint density at radius 1 is 0.968 bits per heavy atom. The molecule has 0 saturated heterocycles. The molecule has 7 rings (SSSR count). The van der Waals surface area contributed by atoms with E-state index >= 15 is 0 Å². The highest BCUT2D eigenvalue weighted by atomic mass is 16.5. The molecule has 4 aromatic rings. The summed E-state index contributed by atoms with van der Waals surface area (Å²) in [6.45, 7) is 4.52. The quantitative estimate of drug-likeness (QED) is 0.270. The molecule has 2 nitrogen and oxygen atoms in total. The van der Waals surface area contributed by atoms with Crippen molar-refractivity contribution in [1.29, 1.82) is 0 Å². The molecule has 0 N–H and O–H groups in total. The second-order valence-corrected chi connectivity index (χ2v) is 10.1. The molecular weight excluding hydrogens is 378 g/mol. The molecule has 0 radical (unpaired) electrons. The third kappa shape index (κ3) is 2.26. The zero-order valence-electron chi connectivity index (χ0n) is 18.5. The molecule has 2 heterocycles. The molecule has 2 fully saturated rings. The van der Waals surface area contributed by atoms with E-state index in [0.29, 0.717) is 5.92 Å². The number of pyridine rings is 1. The van der Waals surface area contributed by atoms with Crippen molar-refractivity contribution in [2.45, 2.75) is 45.4 Å². The molecule has 1 aromatic heterocycles. The number of nitrogens with zero attached hydrogens (tertiary/aromatic N) is 1. The van der Waals surface area contributed by atoms with Crippen LogP contribution in [0.15, 0.2) is 48.5 Å². The first-order valence-corrected chi connectivity index (χ1v) is 11.8. The van der Waals surface area contributed by atoms with Gasteiger partial charge in [-0.25, -0.2) is 0 Å². The molecular formula is C29H28NO+. The van der Waals surface area contributed by atoms with Gasteiger partial charge in [0.25, 0.3) is 5.69 Å². The molecule has 3 aliphatic rings. The van der Waals surface area contributed by atoms with Crippen LogP contribution in [0, 0.1) is 25.7 Å². The van der Waals surface area contributed by atoms with E-state index in [1.807, 2.05) is 0 Å². The van der Waals surface area contributed by atoms with E-state index in [-0.39, 0.29) is 0 Å². The lowest BCUT2D eigenvalue weighted by Crippen LogP contribution is -2.35. The highest BCUT2D eigenvalue weighted by molar-refractivity contribution is 6.05. The number of fused-ring (bicyclic) bond motifs is 5. The minimum absolute atomic E-state index is 0.615.